The third-order valence-electron chi connectivity index (χ3n) is 3.71. The normalized spacial score (nSPS) is 13.1. The Labute approximate surface area is 142 Å². The van der Waals surface area contributed by atoms with Gasteiger partial charge in [-0.2, -0.15) is 0 Å². The quantitative estimate of drug-likeness (QED) is 0.595. The van der Waals surface area contributed by atoms with Crippen molar-refractivity contribution in [3.8, 4) is 5.75 Å². The molecule has 0 saturated carbocycles. The molecule has 0 heterocycles. The van der Waals surface area contributed by atoms with E-state index in [-0.39, 0.29) is 11.2 Å². The topological polar surface area (TPSA) is 18.5 Å². The fourth-order valence-corrected chi connectivity index (χ4v) is 2.76. The van der Waals surface area contributed by atoms with Crippen molar-refractivity contribution in [1.82, 2.24) is 0 Å². The standard InChI is InChI=1S/C21H34O2/c1-16(2)17-12-13-19(22-8)18(15-17)11-9-10-14-21(6,7)23-20(3,4)5/h9,11-13,15-16H,10,14H2,1-8H3/b11-9+. The van der Waals surface area contributed by atoms with Gasteiger partial charge in [0.25, 0.3) is 0 Å². The average Bonchev–Trinajstić information content (AvgIpc) is 2.40. The van der Waals surface area contributed by atoms with Crippen molar-refractivity contribution in [2.75, 3.05) is 7.11 Å². The van der Waals surface area contributed by atoms with Crippen LogP contribution in [0.4, 0.5) is 0 Å². The maximum atomic E-state index is 6.11. The molecule has 0 aliphatic heterocycles. The Hall–Kier alpha value is -1.28. The van der Waals surface area contributed by atoms with Crippen molar-refractivity contribution in [1.29, 1.82) is 0 Å². The Kier molecular flexibility index (Phi) is 6.88. The third kappa shape index (κ3) is 7.22. The monoisotopic (exact) mass is 318 g/mol. The summed E-state index contributed by atoms with van der Waals surface area (Å²) in [5.41, 5.74) is 2.25. The number of methoxy groups -OCH3 is 1. The molecule has 0 saturated heterocycles. The maximum Gasteiger partial charge on any atom is 0.126 e. The van der Waals surface area contributed by atoms with Crippen LogP contribution in [0, 0.1) is 0 Å². The van der Waals surface area contributed by atoms with E-state index in [0.717, 1.165) is 24.2 Å². The van der Waals surface area contributed by atoms with Crippen molar-refractivity contribution in [3.05, 3.63) is 35.4 Å². The van der Waals surface area contributed by atoms with Gasteiger partial charge in [0.15, 0.2) is 0 Å². The lowest BCUT2D eigenvalue weighted by Gasteiger charge is -2.33. The minimum absolute atomic E-state index is 0.109. The van der Waals surface area contributed by atoms with Crippen molar-refractivity contribution >= 4 is 6.08 Å². The SMILES string of the molecule is COc1ccc(C(C)C)cc1/C=C/CCC(C)(C)OC(C)(C)C. The Bertz CT molecular complexity index is 519. The first-order valence-corrected chi connectivity index (χ1v) is 8.59. The van der Waals surface area contributed by atoms with Crippen molar-refractivity contribution < 1.29 is 9.47 Å². The summed E-state index contributed by atoms with van der Waals surface area (Å²) < 4.78 is 11.6. The first-order chi connectivity index (χ1) is 10.5. The van der Waals surface area contributed by atoms with Crippen molar-refractivity contribution in [2.24, 2.45) is 0 Å². The summed E-state index contributed by atoms with van der Waals surface area (Å²) in [5, 5.41) is 0. The summed E-state index contributed by atoms with van der Waals surface area (Å²) in [5.74, 6) is 1.45. The summed E-state index contributed by atoms with van der Waals surface area (Å²) in [6, 6.07) is 6.42. The molecule has 23 heavy (non-hydrogen) atoms. The van der Waals surface area contributed by atoms with Gasteiger partial charge in [-0.3, -0.25) is 0 Å². The molecule has 1 rings (SSSR count). The molecule has 0 aliphatic rings. The fourth-order valence-electron chi connectivity index (χ4n) is 2.76. The van der Waals surface area contributed by atoms with Gasteiger partial charge in [-0.15, -0.1) is 0 Å². The molecule has 0 aliphatic carbocycles. The lowest BCUT2D eigenvalue weighted by molar-refractivity contribution is -0.115. The predicted molar refractivity (Wildman–Crippen MR) is 100 cm³/mol. The zero-order valence-electron chi connectivity index (χ0n) is 16.2. The lowest BCUT2D eigenvalue weighted by atomic mass is 9.98. The number of hydrogen-bond acceptors (Lipinski definition) is 2. The molecular weight excluding hydrogens is 284 g/mol. The van der Waals surface area contributed by atoms with Gasteiger partial charge in [-0.05, 0) is 71.1 Å². The van der Waals surface area contributed by atoms with Crippen LogP contribution in [-0.4, -0.2) is 18.3 Å². The van der Waals surface area contributed by atoms with Gasteiger partial charge in [0.05, 0.1) is 18.3 Å². The Balaban J connectivity index is 2.72. The first-order valence-electron chi connectivity index (χ1n) is 8.59. The van der Waals surface area contributed by atoms with Crippen LogP contribution in [0.15, 0.2) is 24.3 Å². The summed E-state index contributed by atoms with van der Waals surface area (Å²) >= 11 is 0. The molecule has 0 N–H and O–H groups in total. The number of hydrogen-bond donors (Lipinski definition) is 0. The van der Waals surface area contributed by atoms with Gasteiger partial charge in [0, 0.05) is 5.56 Å². The average molecular weight is 319 g/mol. The van der Waals surface area contributed by atoms with E-state index in [2.05, 4.69) is 78.8 Å². The van der Waals surface area contributed by atoms with E-state index in [1.807, 2.05) is 0 Å². The van der Waals surface area contributed by atoms with Crippen LogP contribution >= 0.6 is 0 Å². The highest BCUT2D eigenvalue weighted by atomic mass is 16.5. The molecule has 1 aromatic carbocycles. The highest BCUT2D eigenvalue weighted by Crippen LogP contribution is 2.27. The van der Waals surface area contributed by atoms with Crippen LogP contribution in [-0.2, 0) is 4.74 Å². The second-order valence-corrected chi connectivity index (χ2v) is 8.07. The molecule has 0 fully saturated rings. The van der Waals surface area contributed by atoms with Crippen LogP contribution in [0.25, 0.3) is 6.08 Å². The van der Waals surface area contributed by atoms with Gasteiger partial charge < -0.3 is 9.47 Å². The molecule has 2 heteroatoms. The van der Waals surface area contributed by atoms with Crippen molar-refractivity contribution in [2.45, 2.75) is 78.4 Å². The second kappa shape index (κ2) is 8.01. The van der Waals surface area contributed by atoms with Crippen LogP contribution in [0.1, 0.15) is 78.4 Å². The largest absolute Gasteiger partial charge is 0.496 e. The van der Waals surface area contributed by atoms with E-state index < -0.39 is 0 Å². The van der Waals surface area contributed by atoms with Crippen molar-refractivity contribution in [3.63, 3.8) is 0 Å². The minimum atomic E-state index is -0.119. The maximum absolute atomic E-state index is 6.11. The van der Waals surface area contributed by atoms with E-state index in [1.165, 1.54) is 5.56 Å². The van der Waals surface area contributed by atoms with Crippen LogP contribution in [0.5, 0.6) is 5.75 Å². The first kappa shape index (κ1) is 19.8. The molecule has 0 unspecified atom stereocenters. The van der Waals surface area contributed by atoms with Gasteiger partial charge in [-0.25, -0.2) is 0 Å². The molecule has 0 radical (unpaired) electrons. The Morgan fingerprint density at radius 2 is 1.74 bits per heavy atom. The van der Waals surface area contributed by atoms with Crippen LogP contribution < -0.4 is 4.74 Å². The molecule has 1 aromatic rings. The molecule has 130 valence electrons. The van der Waals surface area contributed by atoms with E-state index in [1.54, 1.807) is 7.11 Å². The smallest absolute Gasteiger partial charge is 0.126 e. The van der Waals surface area contributed by atoms with E-state index >= 15 is 0 Å². The zero-order valence-corrected chi connectivity index (χ0v) is 16.2. The molecule has 0 bridgehead atoms. The van der Waals surface area contributed by atoms with Crippen LogP contribution in [0.3, 0.4) is 0 Å². The summed E-state index contributed by atoms with van der Waals surface area (Å²) in [4.78, 5) is 0. The molecule has 2 nitrogen and oxygen atoms in total. The van der Waals surface area contributed by atoms with Gasteiger partial charge >= 0.3 is 0 Å². The Morgan fingerprint density at radius 1 is 1.09 bits per heavy atom. The summed E-state index contributed by atoms with van der Waals surface area (Å²) in [6.07, 6.45) is 6.36. The van der Waals surface area contributed by atoms with E-state index in [9.17, 15) is 0 Å². The van der Waals surface area contributed by atoms with Crippen LogP contribution in [0.2, 0.25) is 0 Å². The number of benzene rings is 1. The van der Waals surface area contributed by atoms with E-state index in [4.69, 9.17) is 9.47 Å². The second-order valence-electron chi connectivity index (χ2n) is 8.07. The van der Waals surface area contributed by atoms with E-state index in [0.29, 0.717) is 5.92 Å². The zero-order chi connectivity index (χ0) is 17.7. The number of allylic oxidation sites excluding steroid dienone is 1. The molecule has 0 aromatic heterocycles. The molecule has 0 amide bonds. The minimum Gasteiger partial charge on any atom is -0.496 e. The predicted octanol–water partition coefficient (Wildman–Crippen LogP) is 6.21. The summed E-state index contributed by atoms with van der Waals surface area (Å²) in [6.45, 7) is 15.0. The lowest BCUT2D eigenvalue weighted by Crippen LogP contribution is -2.34. The van der Waals surface area contributed by atoms with Gasteiger partial charge in [0.1, 0.15) is 5.75 Å². The third-order valence-corrected chi connectivity index (χ3v) is 3.71. The Morgan fingerprint density at radius 3 is 2.26 bits per heavy atom. The summed E-state index contributed by atoms with van der Waals surface area (Å²) in [7, 11) is 1.72. The highest BCUT2D eigenvalue weighted by molar-refractivity contribution is 5.58. The molecular formula is C21H34O2. The van der Waals surface area contributed by atoms with Gasteiger partial charge in [-0.1, -0.05) is 32.1 Å². The van der Waals surface area contributed by atoms with Gasteiger partial charge in [0.2, 0.25) is 0 Å². The number of ether oxygens (including phenoxy) is 2. The highest BCUT2D eigenvalue weighted by Gasteiger charge is 2.24. The fraction of sp³-hybridized carbons (Fsp3) is 0.619. The number of rotatable bonds is 7. The molecule has 0 atom stereocenters. The molecule has 0 spiro atoms.